The molecule has 0 aliphatic heterocycles. The first kappa shape index (κ1) is 7.06. The Hall–Kier alpha value is -1.05. The molecule has 0 saturated heterocycles. The predicted molar refractivity (Wildman–Crippen MR) is 40.3 cm³/mol. The molecule has 0 aliphatic rings. The van der Waals surface area contributed by atoms with Gasteiger partial charge in [-0.15, -0.1) is 0 Å². The molecule has 2 N–H and O–H groups in total. The monoisotopic (exact) mass is 139 g/mol. The Labute approximate surface area is 59.7 Å². The summed E-state index contributed by atoms with van der Waals surface area (Å²) in [6, 6.07) is 3.24. The van der Waals surface area contributed by atoms with Crippen molar-refractivity contribution in [2.24, 2.45) is 0 Å². The number of halogens is 1. The van der Waals surface area contributed by atoms with Crippen molar-refractivity contribution in [2.75, 3.05) is 5.73 Å². The highest BCUT2D eigenvalue weighted by Gasteiger charge is 2.00. The Balaban J connectivity index is 3.31. The number of hydrogen-bond donors (Lipinski definition) is 1. The quantitative estimate of drug-likeness (QED) is 0.547. The van der Waals surface area contributed by atoms with Gasteiger partial charge in [-0.25, -0.2) is 4.39 Å². The van der Waals surface area contributed by atoms with Crippen molar-refractivity contribution < 1.29 is 4.39 Å². The minimum atomic E-state index is -0.225. The van der Waals surface area contributed by atoms with Crippen LogP contribution in [0.5, 0.6) is 0 Å². The number of hydrogen-bond acceptors (Lipinski definition) is 1. The Kier molecular flexibility index (Phi) is 1.62. The van der Waals surface area contributed by atoms with Gasteiger partial charge in [0.05, 0.1) is 0 Å². The average molecular weight is 139 g/mol. The van der Waals surface area contributed by atoms with E-state index in [1.54, 1.807) is 13.0 Å². The van der Waals surface area contributed by atoms with E-state index < -0.39 is 0 Å². The van der Waals surface area contributed by atoms with Gasteiger partial charge in [-0.1, -0.05) is 0 Å². The fourth-order valence-corrected chi connectivity index (χ4v) is 0.841. The molecular weight excluding hydrogens is 129 g/mol. The van der Waals surface area contributed by atoms with Crippen LogP contribution in [0.1, 0.15) is 11.1 Å². The minimum absolute atomic E-state index is 0.225. The van der Waals surface area contributed by atoms with Crippen LogP contribution in [0.4, 0.5) is 10.1 Å². The van der Waals surface area contributed by atoms with Crippen LogP contribution < -0.4 is 5.73 Å². The van der Waals surface area contributed by atoms with E-state index in [1.165, 1.54) is 6.07 Å². The summed E-state index contributed by atoms with van der Waals surface area (Å²) in [5, 5.41) is 0. The van der Waals surface area contributed by atoms with Crippen LogP contribution in [0.25, 0.3) is 0 Å². The smallest absolute Gasteiger partial charge is 0.128 e. The van der Waals surface area contributed by atoms with Gasteiger partial charge >= 0.3 is 0 Å². The van der Waals surface area contributed by atoms with Crippen molar-refractivity contribution in [2.45, 2.75) is 13.8 Å². The molecule has 1 nitrogen and oxygen atoms in total. The zero-order valence-corrected chi connectivity index (χ0v) is 6.11. The highest BCUT2D eigenvalue weighted by atomic mass is 19.1. The predicted octanol–water partition coefficient (Wildman–Crippen LogP) is 2.02. The van der Waals surface area contributed by atoms with Crippen molar-refractivity contribution in [3.8, 4) is 0 Å². The molecule has 1 rings (SSSR count). The molecule has 0 fully saturated rings. The third kappa shape index (κ3) is 1.10. The van der Waals surface area contributed by atoms with Crippen molar-refractivity contribution in [1.82, 2.24) is 0 Å². The first-order valence-corrected chi connectivity index (χ1v) is 3.13. The van der Waals surface area contributed by atoms with Gasteiger partial charge in [0.25, 0.3) is 0 Å². The van der Waals surface area contributed by atoms with Crippen LogP contribution in [0.15, 0.2) is 12.1 Å². The number of nitrogens with two attached hydrogens (primary N) is 1. The highest BCUT2D eigenvalue weighted by Crippen LogP contribution is 2.16. The lowest BCUT2D eigenvalue weighted by molar-refractivity contribution is 0.618. The lowest BCUT2D eigenvalue weighted by Gasteiger charge is -2.01. The van der Waals surface area contributed by atoms with Gasteiger partial charge in [0.15, 0.2) is 0 Å². The van der Waals surface area contributed by atoms with Gasteiger partial charge in [0, 0.05) is 11.3 Å². The Bertz CT molecular complexity index is 232. The maximum absolute atomic E-state index is 12.8. The van der Waals surface area contributed by atoms with Crippen molar-refractivity contribution in [3.05, 3.63) is 29.1 Å². The molecule has 54 valence electrons. The molecule has 0 aliphatic carbocycles. The molecule has 0 unspecified atom stereocenters. The largest absolute Gasteiger partial charge is 0.398 e. The molecule has 1 aromatic rings. The molecule has 1 aromatic carbocycles. The van der Waals surface area contributed by atoms with Gasteiger partial charge in [0.2, 0.25) is 0 Å². The van der Waals surface area contributed by atoms with E-state index in [-0.39, 0.29) is 5.82 Å². The SMILES string of the molecule is Cc1cc(N)c(C)c(F)c1. The third-order valence-electron chi connectivity index (χ3n) is 1.53. The van der Waals surface area contributed by atoms with Crippen LogP contribution >= 0.6 is 0 Å². The first-order valence-electron chi connectivity index (χ1n) is 3.13. The number of aryl methyl sites for hydroxylation is 1. The molecular formula is C8H10FN. The van der Waals surface area contributed by atoms with Crippen LogP contribution in [0, 0.1) is 19.7 Å². The number of nitrogen functional groups attached to an aromatic ring is 1. The lowest BCUT2D eigenvalue weighted by atomic mass is 10.1. The van der Waals surface area contributed by atoms with E-state index in [4.69, 9.17) is 5.73 Å². The van der Waals surface area contributed by atoms with Crippen LogP contribution in [-0.4, -0.2) is 0 Å². The van der Waals surface area contributed by atoms with Gasteiger partial charge in [-0.3, -0.25) is 0 Å². The van der Waals surface area contributed by atoms with E-state index in [0.717, 1.165) is 5.56 Å². The Morgan fingerprint density at radius 2 is 1.90 bits per heavy atom. The molecule has 0 spiro atoms. The minimum Gasteiger partial charge on any atom is -0.398 e. The normalized spacial score (nSPS) is 9.90. The summed E-state index contributed by atoms with van der Waals surface area (Å²) in [7, 11) is 0. The van der Waals surface area contributed by atoms with E-state index in [9.17, 15) is 4.39 Å². The maximum atomic E-state index is 12.8. The molecule has 0 aromatic heterocycles. The third-order valence-corrected chi connectivity index (χ3v) is 1.53. The molecule has 0 amide bonds. The van der Waals surface area contributed by atoms with Crippen molar-refractivity contribution in [3.63, 3.8) is 0 Å². The average Bonchev–Trinajstić information content (AvgIpc) is 1.82. The van der Waals surface area contributed by atoms with E-state index >= 15 is 0 Å². The molecule has 0 bridgehead atoms. The summed E-state index contributed by atoms with van der Waals surface area (Å²) >= 11 is 0. The van der Waals surface area contributed by atoms with Crippen LogP contribution in [-0.2, 0) is 0 Å². The number of rotatable bonds is 0. The molecule has 0 heterocycles. The summed E-state index contributed by atoms with van der Waals surface area (Å²) in [5.74, 6) is -0.225. The summed E-state index contributed by atoms with van der Waals surface area (Å²) in [6.45, 7) is 3.49. The van der Waals surface area contributed by atoms with Gasteiger partial charge in [0.1, 0.15) is 5.82 Å². The second kappa shape index (κ2) is 2.29. The molecule has 2 heteroatoms. The van der Waals surface area contributed by atoms with Crippen molar-refractivity contribution >= 4 is 5.69 Å². The van der Waals surface area contributed by atoms with E-state index in [0.29, 0.717) is 11.3 Å². The Morgan fingerprint density at radius 3 is 2.40 bits per heavy atom. The first-order chi connectivity index (χ1) is 4.61. The molecule has 0 radical (unpaired) electrons. The standard InChI is InChI=1S/C8H10FN/c1-5-3-7(9)6(2)8(10)4-5/h3-4H,10H2,1-2H3. The topological polar surface area (TPSA) is 26.0 Å². The van der Waals surface area contributed by atoms with E-state index in [2.05, 4.69) is 0 Å². The molecule has 0 atom stereocenters. The fourth-order valence-electron chi connectivity index (χ4n) is 0.841. The summed E-state index contributed by atoms with van der Waals surface area (Å²) in [6.07, 6.45) is 0. The van der Waals surface area contributed by atoms with E-state index in [1.807, 2.05) is 6.92 Å². The highest BCUT2D eigenvalue weighted by molar-refractivity contribution is 5.48. The fraction of sp³-hybridized carbons (Fsp3) is 0.250. The maximum Gasteiger partial charge on any atom is 0.128 e. The summed E-state index contributed by atoms with van der Waals surface area (Å²) < 4.78 is 12.8. The Morgan fingerprint density at radius 1 is 1.30 bits per heavy atom. The number of benzene rings is 1. The van der Waals surface area contributed by atoms with Gasteiger partial charge in [-0.05, 0) is 31.5 Å². The lowest BCUT2D eigenvalue weighted by Crippen LogP contribution is -1.93. The second-order valence-electron chi connectivity index (χ2n) is 2.46. The summed E-state index contributed by atoms with van der Waals surface area (Å²) in [4.78, 5) is 0. The molecule has 10 heavy (non-hydrogen) atoms. The van der Waals surface area contributed by atoms with Gasteiger partial charge in [-0.2, -0.15) is 0 Å². The summed E-state index contributed by atoms with van der Waals surface area (Å²) in [5.41, 5.74) is 7.40. The van der Waals surface area contributed by atoms with Crippen LogP contribution in [0.3, 0.4) is 0 Å². The zero-order chi connectivity index (χ0) is 7.72. The van der Waals surface area contributed by atoms with Crippen molar-refractivity contribution in [1.29, 1.82) is 0 Å². The second-order valence-corrected chi connectivity index (χ2v) is 2.46. The zero-order valence-electron chi connectivity index (χ0n) is 6.11. The number of anilines is 1. The van der Waals surface area contributed by atoms with Gasteiger partial charge < -0.3 is 5.73 Å². The molecule has 0 saturated carbocycles. The van der Waals surface area contributed by atoms with Crippen LogP contribution in [0.2, 0.25) is 0 Å².